The summed E-state index contributed by atoms with van der Waals surface area (Å²) in [7, 11) is 0. The van der Waals surface area contributed by atoms with Crippen molar-refractivity contribution in [2.24, 2.45) is 0 Å². The van der Waals surface area contributed by atoms with E-state index in [4.69, 9.17) is 4.74 Å². The number of fused-ring (bicyclic) bond motifs is 1. The molecule has 1 aliphatic rings. The Morgan fingerprint density at radius 3 is 2.53 bits per heavy atom. The number of aromatic nitrogens is 3. The minimum Gasteiger partial charge on any atom is -0.492 e. The van der Waals surface area contributed by atoms with E-state index in [1.807, 2.05) is 60.0 Å². The van der Waals surface area contributed by atoms with Crippen LogP contribution < -0.4 is 10.3 Å². The molecule has 5 rings (SSSR count). The van der Waals surface area contributed by atoms with Crippen LogP contribution in [-0.2, 0) is 6.42 Å². The lowest BCUT2D eigenvalue weighted by Gasteiger charge is -2.26. The molecule has 0 unspecified atom stereocenters. The number of piperidine rings is 1. The van der Waals surface area contributed by atoms with Crippen LogP contribution in [0.15, 0.2) is 64.8 Å². The number of likely N-dealkylation sites (tertiary alicyclic amines) is 1. The first-order valence-electron chi connectivity index (χ1n) is 11.1. The van der Waals surface area contributed by atoms with E-state index < -0.39 is 0 Å². The highest BCUT2D eigenvalue weighted by Gasteiger charge is 2.13. The second-order valence-electron chi connectivity index (χ2n) is 8.12. The summed E-state index contributed by atoms with van der Waals surface area (Å²) < 4.78 is 7.73. The highest BCUT2D eigenvalue weighted by molar-refractivity contribution is 7.15. The minimum absolute atomic E-state index is 0.264. The van der Waals surface area contributed by atoms with Crippen molar-refractivity contribution in [3.63, 3.8) is 0 Å². The Morgan fingerprint density at radius 2 is 1.75 bits per heavy atom. The largest absolute Gasteiger partial charge is 0.492 e. The molecule has 0 aliphatic carbocycles. The fourth-order valence-electron chi connectivity index (χ4n) is 4.08. The van der Waals surface area contributed by atoms with E-state index in [1.54, 1.807) is 4.52 Å². The van der Waals surface area contributed by atoms with Crippen molar-refractivity contribution in [2.45, 2.75) is 25.7 Å². The summed E-state index contributed by atoms with van der Waals surface area (Å²) in [6.45, 7) is 4.05. The number of thiazole rings is 1. The van der Waals surface area contributed by atoms with E-state index in [2.05, 4.69) is 15.0 Å². The molecule has 1 saturated heterocycles. The van der Waals surface area contributed by atoms with Crippen molar-refractivity contribution >= 4 is 16.3 Å². The highest BCUT2D eigenvalue weighted by Crippen LogP contribution is 2.26. The van der Waals surface area contributed by atoms with E-state index in [0.29, 0.717) is 23.7 Å². The highest BCUT2D eigenvalue weighted by atomic mass is 32.1. The Bertz CT molecular complexity index is 1230. The van der Waals surface area contributed by atoms with Gasteiger partial charge in [0.15, 0.2) is 0 Å². The van der Waals surface area contributed by atoms with Gasteiger partial charge >= 0.3 is 0 Å². The van der Waals surface area contributed by atoms with Crippen molar-refractivity contribution in [2.75, 3.05) is 26.2 Å². The second-order valence-corrected chi connectivity index (χ2v) is 8.95. The predicted octanol–water partition coefficient (Wildman–Crippen LogP) is 4.27. The molecule has 164 valence electrons. The average molecular weight is 447 g/mol. The molecule has 0 spiro atoms. The molecule has 0 N–H and O–H groups in total. The van der Waals surface area contributed by atoms with E-state index in [-0.39, 0.29) is 5.56 Å². The zero-order chi connectivity index (χ0) is 21.8. The minimum atomic E-state index is -0.264. The molecule has 32 heavy (non-hydrogen) atoms. The van der Waals surface area contributed by atoms with Crippen LogP contribution in [0, 0.1) is 0 Å². The number of ether oxygens (including phenoxy) is 1. The zero-order valence-corrected chi connectivity index (χ0v) is 18.8. The molecule has 0 saturated carbocycles. The number of rotatable bonds is 7. The Balaban J connectivity index is 1.31. The van der Waals surface area contributed by atoms with Gasteiger partial charge in [-0.2, -0.15) is 10.1 Å². The fourth-order valence-corrected chi connectivity index (χ4v) is 4.91. The first-order chi connectivity index (χ1) is 15.8. The van der Waals surface area contributed by atoms with Crippen LogP contribution in [0.2, 0.25) is 0 Å². The Kier molecular flexibility index (Phi) is 6.27. The van der Waals surface area contributed by atoms with Crippen molar-refractivity contribution in [1.82, 2.24) is 19.5 Å². The molecule has 0 atom stereocenters. The third-order valence-corrected chi connectivity index (χ3v) is 6.66. The van der Waals surface area contributed by atoms with Crippen LogP contribution >= 0.6 is 11.3 Å². The SMILES string of the molecule is O=c1nc2scc(-c3ccc(OCCN4CCCCC4)cc3)n2nc1Cc1ccccc1. The Hall–Kier alpha value is -3.03. The van der Waals surface area contributed by atoms with Crippen molar-refractivity contribution < 1.29 is 4.74 Å². The summed E-state index contributed by atoms with van der Waals surface area (Å²) in [6, 6.07) is 17.9. The van der Waals surface area contributed by atoms with Gasteiger partial charge in [-0.05, 0) is 55.8 Å². The molecular formula is C25H26N4O2S. The fraction of sp³-hybridized carbons (Fsp3) is 0.320. The molecule has 1 aliphatic heterocycles. The lowest BCUT2D eigenvalue weighted by molar-refractivity contribution is 0.183. The van der Waals surface area contributed by atoms with Crippen molar-refractivity contribution in [3.05, 3.63) is 81.6 Å². The number of hydrogen-bond acceptors (Lipinski definition) is 6. The average Bonchev–Trinajstić information content (AvgIpc) is 3.24. The summed E-state index contributed by atoms with van der Waals surface area (Å²) in [6.07, 6.45) is 4.41. The van der Waals surface area contributed by atoms with Gasteiger partial charge in [0.25, 0.3) is 5.56 Å². The molecule has 6 nitrogen and oxygen atoms in total. The summed E-state index contributed by atoms with van der Waals surface area (Å²) >= 11 is 1.42. The van der Waals surface area contributed by atoms with Gasteiger partial charge in [0.05, 0.1) is 5.69 Å². The van der Waals surface area contributed by atoms with Crippen molar-refractivity contribution in [1.29, 1.82) is 0 Å². The van der Waals surface area contributed by atoms with Gasteiger partial charge in [0.1, 0.15) is 18.1 Å². The van der Waals surface area contributed by atoms with Crippen LogP contribution in [-0.4, -0.2) is 45.7 Å². The monoisotopic (exact) mass is 446 g/mol. The molecule has 0 amide bonds. The number of benzene rings is 2. The summed E-state index contributed by atoms with van der Waals surface area (Å²) in [5.74, 6) is 0.869. The standard InChI is InChI=1S/C25H26N4O2S/c30-24-22(17-19-7-3-1-4-8-19)27-29-23(18-32-25(29)26-24)20-9-11-21(12-10-20)31-16-15-28-13-5-2-6-14-28/h1,3-4,7-12,18H,2,5-6,13-17H2. The summed E-state index contributed by atoms with van der Waals surface area (Å²) in [5, 5.41) is 6.64. The van der Waals surface area contributed by atoms with E-state index >= 15 is 0 Å². The van der Waals surface area contributed by atoms with Crippen LogP contribution in [0.1, 0.15) is 30.5 Å². The quantitative estimate of drug-likeness (QED) is 0.424. The molecular weight excluding hydrogens is 420 g/mol. The van der Waals surface area contributed by atoms with Crippen molar-refractivity contribution in [3.8, 4) is 17.0 Å². The lowest BCUT2D eigenvalue weighted by Crippen LogP contribution is -2.33. The van der Waals surface area contributed by atoms with Gasteiger partial charge in [0, 0.05) is 23.9 Å². The number of hydrogen-bond donors (Lipinski definition) is 0. The third-order valence-electron chi connectivity index (χ3n) is 5.84. The molecule has 0 radical (unpaired) electrons. The van der Waals surface area contributed by atoms with Crippen LogP contribution in [0.25, 0.3) is 16.2 Å². The Labute approximate surface area is 191 Å². The van der Waals surface area contributed by atoms with Gasteiger partial charge in [-0.25, -0.2) is 4.52 Å². The molecule has 3 heterocycles. The third kappa shape index (κ3) is 4.74. The smallest absolute Gasteiger partial charge is 0.296 e. The summed E-state index contributed by atoms with van der Waals surface area (Å²) in [5.41, 5.74) is 3.17. The first-order valence-corrected chi connectivity index (χ1v) is 12.0. The zero-order valence-electron chi connectivity index (χ0n) is 17.9. The molecule has 1 fully saturated rings. The topological polar surface area (TPSA) is 59.7 Å². The molecule has 4 aromatic rings. The van der Waals surface area contributed by atoms with Gasteiger partial charge < -0.3 is 4.74 Å². The van der Waals surface area contributed by atoms with E-state index in [1.165, 1.54) is 43.7 Å². The normalized spacial score (nSPS) is 14.6. The van der Waals surface area contributed by atoms with Gasteiger partial charge in [-0.15, -0.1) is 11.3 Å². The first kappa shape index (κ1) is 20.8. The lowest BCUT2D eigenvalue weighted by atomic mass is 10.1. The predicted molar refractivity (Wildman–Crippen MR) is 128 cm³/mol. The van der Waals surface area contributed by atoms with E-state index in [9.17, 15) is 4.79 Å². The van der Waals surface area contributed by atoms with Crippen LogP contribution in [0.4, 0.5) is 0 Å². The van der Waals surface area contributed by atoms with E-state index in [0.717, 1.165) is 29.1 Å². The maximum atomic E-state index is 12.4. The van der Waals surface area contributed by atoms with Crippen LogP contribution in [0.3, 0.4) is 0 Å². The second kappa shape index (κ2) is 9.63. The molecule has 2 aromatic carbocycles. The molecule has 7 heteroatoms. The molecule has 0 bridgehead atoms. The molecule has 2 aromatic heterocycles. The van der Waals surface area contributed by atoms with Crippen LogP contribution in [0.5, 0.6) is 5.75 Å². The Morgan fingerprint density at radius 1 is 0.969 bits per heavy atom. The van der Waals surface area contributed by atoms with Gasteiger partial charge in [-0.3, -0.25) is 9.69 Å². The van der Waals surface area contributed by atoms with Gasteiger partial charge in [-0.1, -0.05) is 36.8 Å². The maximum absolute atomic E-state index is 12.4. The summed E-state index contributed by atoms with van der Waals surface area (Å²) in [4.78, 5) is 19.8. The number of nitrogens with zero attached hydrogens (tertiary/aromatic N) is 4. The van der Waals surface area contributed by atoms with Gasteiger partial charge in [0.2, 0.25) is 4.96 Å². The maximum Gasteiger partial charge on any atom is 0.296 e.